The highest BCUT2D eigenvalue weighted by atomic mass is 14.9. The Labute approximate surface area is 101 Å². The van der Waals surface area contributed by atoms with Crippen LogP contribution in [0.1, 0.15) is 11.1 Å². The molecule has 0 aliphatic heterocycles. The van der Waals surface area contributed by atoms with Gasteiger partial charge in [0, 0.05) is 17.1 Å². The summed E-state index contributed by atoms with van der Waals surface area (Å²) in [6, 6.07) is 15.2. The summed E-state index contributed by atoms with van der Waals surface area (Å²) < 4.78 is 0. The number of aryl methyl sites for hydroxylation is 1. The number of hydrogen-bond acceptors (Lipinski definition) is 3. The fourth-order valence-electron chi connectivity index (χ4n) is 1.60. The Kier molecular flexibility index (Phi) is 2.97. The molecule has 3 heteroatoms. The molecule has 0 bridgehead atoms. The van der Waals surface area contributed by atoms with Crippen LogP contribution in [-0.4, -0.2) is 0 Å². The fraction of sp³-hybridized carbons (Fsp3) is 0.0714. The van der Waals surface area contributed by atoms with E-state index >= 15 is 0 Å². The Hall–Kier alpha value is -2.47. The van der Waals surface area contributed by atoms with Crippen molar-refractivity contribution in [1.29, 1.82) is 5.26 Å². The third-order valence-corrected chi connectivity index (χ3v) is 2.55. The number of nitrogens with two attached hydrogens (primary N) is 1. The maximum atomic E-state index is 8.79. The summed E-state index contributed by atoms with van der Waals surface area (Å²) in [6.07, 6.45) is 0. The molecule has 0 radical (unpaired) electrons. The molecule has 0 amide bonds. The average Bonchev–Trinajstić information content (AvgIpc) is 2.34. The molecule has 0 unspecified atom stereocenters. The number of nitrogens with one attached hydrogen (secondary N) is 1. The van der Waals surface area contributed by atoms with Crippen molar-refractivity contribution in [1.82, 2.24) is 0 Å². The van der Waals surface area contributed by atoms with Gasteiger partial charge in [0.15, 0.2) is 0 Å². The van der Waals surface area contributed by atoms with Gasteiger partial charge in [-0.2, -0.15) is 5.26 Å². The van der Waals surface area contributed by atoms with E-state index < -0.39 is 0 Å². The summed E-state index contributed by atoms with van der Waals surface area (Å²) >= 11 is 0. The Morgan fingerprint density at radius 1 is 1.12 bits per heavy atom. The van der Waals surface area contributed by atoms with Gasteiger partial charge in [-0.15, -0.1) is 0 Å². The largest absolute Gasteiger partial charge is 0.399 e. The van der Waals surface area contributed by atoms with Crippen LogP contribution in [0.15, 0.2) is 42.5 Å². The molecule has 0 aliphatic carbocycles. The lowest BCUT2D eigenvalue weighted by molar-refractivity contribution is 1.40. The first-order valence-electron chi connectivity index (χ1n) is 5.32. The monoisotopic (exact) mass is 223 g/mol. The van der Waals surface area contributed by atoms with E-state index in [0.29, 0.717) is 5.56 Å². The van der Waals surface area contributed by atoms with Crippen molar-refractivity contribution >= 4 is 17.1 Å². The van der Waals surface area contributed by atoms with Crippen LogP contribution in [0.5, 0.6) is 0 Å². The Bertz CT molecular complexity index is 565. The van der Waals surface area contributed by atoms with Gasteiger partial charge < -0.3 is 11.1 Å². The van der Waals surface area contributed by atoms with Crippen LogP contribution in [0.25, 0.3) is 0 Å². The number of nitriles is 1. The van der Waals surface area contributed by atoms with E-state index in [9.17, 15) is 0 Å². The third kappa shape index (κ3) is 2.56. The van der Waals surface area contributed by atoms with Gasteiger partial charge in [-0.1, -0.05) is 0 Å². The molecule has 0 aliphatic rings. The first-order chi connectivity index (χ1) is 8.19. The van der Waals surface area contributed by atoms with Crippen LogP contribution in [0.2, 0.25) is 0 Å². The lowest BCUT2D eigenvalue weighted by Crippen LogP contribution is -1.94. The maximum Gasteiger partial charge on any atom is 0.0991 e. The highest BCUT2D eigenvalue weighted by Gasteiger charge is 2.00. The molecule has 2 aromatic rings. The number of nitrogens with zero attached hydrogens (tertiary/aromatic N) is 1. The highest BCUT2D eigenvalue weighted by Crippen LogP contribution is 2.22. The van der Waals surface area contributed by atoms with Gasteiger partial charge in [0.05, 0.1) is 11.6 Å². The minimum absolute atomic E-state index is 0.672. The first-order valence-corrected chi connectivity index (χ1v) is 5.32. The molecule has 0 saturated carbocycles. The van der Waals surface area contributed by atoms with Crippen molar-refractivity contribution in [3.8, 4) is 6.07 Å². The molecule has 3 nitrogen and oxygen atoms in total. The zero-order chi connectivity index (χ0) is 12.3. The van der Waals surface area contributed by atoms with Crippen molar-refractivity contribution in [2.45, 2.75) is 6.92 Å². The molecule has 0 saturated heterocycles. The van der Waals surface area contributed by atoms with Crippen molar-refractivity contribution < 1.29 is 0 Å². The van der Waals surface area contributed by atoms with Crippen molar-refractivity contribution in [3.63, 3.8) is 0 Å². The Morgan fingerprint density at radius 3 is 2.41 bits per heavy atom. The van der Waals surface area contributed by atoms with Crippen LogP contribution < -0.4 is 11.1 Å². The highest BCUT2D eigenvalue weighted by molar-refractivity contribution is 5.65. The number of anilines is 3. The molecule has 84 valence electrons. The Morgan fingerprint density at radius 2 is 1.82 bits per heavy atom. The van der Waals surface area contributed by atoms with Crippen LogP contribution in [0.3, 0.4) is 0 Å². The van der Waals surface area contributed by atoms with E-state index in [2.05, 4.69) is 11.4 Å². The number of benzene rings is 2. The zero-order valence-corrected chi connectivity index (χ0v) is 9.57. The fourth-order valence-corrected chi connectivity index (χ4v) is 1.60. The van der Waals surface area contributed by atoms with Crippen LogP contribution in [0.4, 0.5) is 17.1 Å². The minimum Gasteiger partial charge on any atom is -0.399 e. The second kappa shape index (κ2) is 4.58. The average molecular weight is 223 g/mol. The van der Waals surface area contributed by atoms with Gasteiger partial charge in [0.1, 0.15) is 0 Å². The van der Waals surface area contributed by atoms with Gasteiger partial charge in [-0.05, 0) is 55.0 Å². The standard InChI is InChI=1S/C14H13N3/c1-10-8-11(9-15)2-7-14(10)17-13-5-3-12(16)4-6-13/h2-8,17H,16H2,1H3. The van der Waals surface area contributed by atoms with Gasteiger partial charge in [-0.3, -0.25) is 0 Å². The lowest BCUT2D eigenvalue weighted by Gasteiger charge is -2.09. The SMILES string of the molecule is Cc1cc(C#N)ccc1Nc1ccc(N)cc1. The molecule has 3 N–H and O–H groups in total. The molecule has 2 rings (SSSR count). The predicted molar refractivity (Wildman–Crippen MR) is 70.0 cm³/mol. The molecule has 0 atom stereocenters. The van der Waals surface area contributed by atoms with E-state index in [4.69, 9.17) is 11.0 Å². The van der Waals surface area contributed by atoms with Crippen LogP contribution >= 0.6 is 0 Å². The van der Waals surface area contributed by atoms with Crippen LogP contribution in [-0.2, 0) is 0 Å². The maximum absolute atomic E-state index is 8.79. The van der Waals surface area contributed by atoms with Crippen molar-refractivity contribution in [2.24, 2.45) is 0 Å². The summed E-state index contributed by atoms with van der Waals surface area (Å²) in [5.41, 5.74) is 10.1. The smallest absolute Gasteiger partial charge is 0.0991 e. The van der Waals surface area contributed by atoms with E-state index in [-0.39, 0.29) is 0 Å². The minimum atomic E-state index is 0.672. The normalized spacial score (nSPS) is 9.65. The Balaban J connectivity index is 2.25. The third-order valence-electron chi connectivity index (χ3n) is 2.55. The van der Waals surface area contributed by atoms with E-state index in [1.807, 2.05) is 43.3 Å². The van der Waals surface area contributed by atoms with Crippen molar-refractivity contribution in [3.05, 3.63) is 53.6 Å². The molecule has 17 heavy (non-hydrogen) atoms. The summed E-state index contributed by atoms with van der Waals surface area (Å²) in [5, 5.41) is 12.1. The molecule has 0 aromatic heterocycles. The van der Waals surface area contributed by atoms with Gasteiger partial charge in [0.2, 0.25) is 0 Å². The summed E-state index contributed by atoms with van der Waals surface area (Å²) in [7, 11) is 0. The summed E-state index contributed by atoms with van der Waals surface area (Å²) in [5.74, 6) is 0. The molecule has 0 spiro atoms. The lowest BCUT2D eigenvalue weighted by atomic mass is 10.1. The van der Waals surface area contributed by atoms with Crippen molar-refractivity contribution in [2.75, 3.05) is 11.1 Å². The van der Waals surface area contributed by atoms with Crippen LogP contribution in [0, 0.1) is 18.3 Å². The number of hydrogen-bond donors (Lipinski definition) is 2. The second-order valence-corrected chi connectivity index (χ2v) is 3.89. The summed E-state index contributed by atoms with van der Waals surface area (Å²) in [4.78, 5) is 0. The molecule has 0 heterocycles. The quantitative estimate of drug-likeness (QED) is 0.768. The van der Waals surface area contributed by atoms with Gasteiger partial charge in [0.25, 0.3) is 0 Å². The van der Waals surface area contributed by atoms with Gasteiger partial charge >= 0.3 is 0 Å². The number of nitrogen functional groups attached to an aromatic ring is 1. The van der Waals surface area contributed by atoms with Gasteiger partial charge in [-0.25, -0.2) is 0 Å². The molecular weight excluding hydrogens is 210 g/mol. The molecule has 0 fully saturated rings. The predicted octanol–water partition coefficient (Wildman–Crippen LogP) is 3.19. The zero-order valence-electron chi connectivity index (χ0n) is 9.57. The number of rotatable bonds is 2. The molecular formula is C14H13N3. The van der Waals surface area contributed by atoms with E-state index in [1.54, 1.807) is 6.07 Å². The topological polar surface area (TPSA) is 61.8 Å². The van der Waals surface area contributed by atoms with E-state index in [0.717, 1.165) is 22.6 Å². The summed E-state index contributed by atoms with van der Waals surface area (Å²) in [6.45, 7) is 1.97. The van der Waals surface area contributed by atoms with E-state index in [1.165, 1.54) is 0 Å². The molecule has 2 aromatic carbocycles. The first kappa shape index (κ1) is 11.0. The second-order valence-electron chi connectivity index (χ2n) is 3.89.